The van der Waals surface area contributed by atoms with Gasteiger partial charge in [-0.3, -0.25) is 10.2 Å². The van der Waals surface area contributed by atoms with Crippen molar-refractivity contribution in [1.82, 2.24) is 5.32 Å². The molecule has 0 aliphatic heterocycles. The summed E-state index contributed by atoms with van der Waals surface area (Å²) in [5, 5.41) is 9.84. The molecular weight excluding hydrogens is 327 g/mol. The summed E-state index contributed by atoms with van der Waals surface area (Å²) in [4.78, 5) is 10.9. The minimum absolute atomic E-state index is 0.112. The number of methoxy groups -OCH3 is 1. The van der Waals surface area contributed by atoms with Gasteiger partial charge in [0.1, 0.15) is 29.1 Å². The molecule has 0 aromatic rings. The van der Waals surface area contributed by atoms with Crippen molar-refractivity contribution < 1.29 is 17.3 Å². The van der Waals surface area contributed by atoms with Crippen LogP contribution in [0.2, 0.25) is 0 Å². The predicted octanol–water partition coefficient (Wildman–Crippen LogP) is 0.664. The quantitative estimate of drug-likeness (QED) is 0.308. The molecule has 7 heteroatoms. The molecule has 92 valence electrons. The summed E-state index contributed by atoms with van der Waals surface area (Å²) in [6, 6.07) is 0. The monoisotopic (exact) mass is 342 g/mol. The van der Waals surface area contributed by atoms with Gasteiger partial charge in [-0.2, -0.15) is 0 Å². The molecule has 0 aliphatic carbocycles. The number of likely N-dealkylation sites (N-methyl/N-ethyl adjacent to an activating group) is 1. The Labute approximate surface area is 109 Å². The van der Waals surface area contributed by atoms with E-state index < -0.39 is 0 Å². The van der Waals surface area contributed by atoms with Crippen LogP contribution in [0.5, 0.6) is 0 Å². The molecule has 0 rings (SSSR count). The van der Waals surface area contributed by atoms with E-state index in [1.165, 1.54) is 26.3 Å². The van der Waals surface area contributed by atoms with Crippen molar-refractivity contribution in [3.63, 3.8) is 0 Å². The van der Waals surface area contributed by atoms with E-state index in [0.717, 1.165) is 0 Å². The third kappa shape index (κ3) is 7.60. The topological polar surface area (TPSA) is 80.6 Å². The minimum Gasteiger partial charge on any atom is -0.470 e. The van der Waals surface area contributed by atoms with Gasteiger partial charge in [0.25, 0.3) is 0 Å². The van der Waals surface area contributed by atoms with Crippen LogP contribution in [-0.2, 0) is 17.3 Å². The van der Waals surface area contributed by atoms with Crippen LogP contribution in [-0.4, -0.2) is 45.3 Å². The summed E-state index contributed by atoms with van der Waals surface area (Å²) in [6.45, 7) is 0.629. The Morgan fingerprint density at radius 2 is 2.19 bits per heavy atom. The van der Waals surface area contributed by atoms with E-state index in [1.54, 1.807) is 23.0 Å². The lowest BCUT2D eigenvalue weighted by Crippen LogP contribution is -2.26. The maximum atomic E-state index is 10.9. The highest BCUT2D eigenvalue weighted by molar-refractivity contribution is 14.1. The van der Waals surface area contributed by atoms with Gasteiger partial charge in [0.05, 0.1) is 13.2 Å². The standard InChI is InChI=1S/C9H15IN2O4/c1-12-9(13)4-3-8(11)16-7(5-14-2)6-15-10/h3-4,7,11H,5-6H2,1-2H3,(H,12,13)/b4-3+,11-8?. The Morgan fingerprint density at radius 1 is 1.50 bits per heavy atom. The summed E-state index contributed by atoms with van der Waals surface area (Å²) < 4.78 is 15.0. The van der Waals surface area contributed by atoms with Gasteiger partial charge in [0.2, 0.25) is 11.8 Å². The molecule has 0 aliphatic rings. The number of hydrogen-bond acceptors (Lipinski definition) is 5. The highest BCUT2D eigenvalue weighted by Gasteiger charge is 2.10. The van der Waals surface area contributed by atoms with Gasteiger partial charge in [-0.05, 0) is 0 Å². The van der Waals surface area contributed by atoms with E-state index >= 15 is 0 Å². The van der Waals surface area contributed by atoms with Crippen LogP contribution in [0.25, 0.3) is 0 Å². The summed E-state index contributed by atoms with van der Waals surface area (Å²) in [5.41, 5.74) is 0. The average molecular weight is 342 g/mol. The number of halogens is 1. The molecule has 1 atom stereocenters. The van der Waals surface area contributed by atoms with E-state index in [1.807, 2.05) is 0 Å². The largest absolute Gasteiger partial charge is 0.470 e. The molecule has 0 aromatic carbocycles. The van der Waals surface area contributed by atoms with Crippen LogP contribution in [0, 0.1) is 5.41 Å². The van der Waals surface area contributed by atoms with E-state index in [-0.39, 0.29) is 17.9 Å². The van der Waals surface area contributed by atoms with Gasteiger partial charge in [-0.25, -0.2) is 0 Å². The molecule has 1 unspecified atom stereocenters. The molecular formula is C9H15IN2O4. The Morgan fingerprint density at radius 3 is 2.69 bits per heavy atom. The van der Waals surface area contributed by atoms with Crippen molar-refractivity contribution in [2.75, 3.05) is 27.4 Å². The van der Waals surface area contributed by atoms with Crippen LogP contribution in [0.4, 0.5) is 0 Å². The number of hydrogen-bond donors (Lipinski definition) is 2. The summed E-state index contributed by atoms with van der Waals surface area (Å²) >= 11 is 1.74. The number of amides is 1. The predicted molar refractivity (Wildman–Crippen MR) is 67.7 cm³/mol. The first-order valence-electron chi connectivity index (χ1n) is 4.51. The molecule has 6 nitrogen and oxygen atoms in total. The van der Waals surface area contributed by atoms with Crippen molar-refractivity contribution in [1.29, 1.82) is 5.41 Å². The Balaban J connectivity index is 4.08. The van der Waals surface area contributed by atoms with Crippen LogP contribution < -0.4 is 5.32 Å². The third-order valence-electron chi connectivity index (χ3n) is 1.53. The Hall–Kier alpha value is -0.670. The molecule has 2 N–H and O–H groups in total. The SMILES string of the molecule is CNC(=O)/C=C/C(=N)OC(COC)COI. The van der Waals surface area contributed by atoms with Crippen LogP contribution >= 0.6 is 23.0 Å². The second-order valence-corrected chi connectivity index (χ2v) is 3.41. The maximum absolute atomic E-state index is 10.9. The molecule has 0 spiro atoms. The number of ether oxygens (including phenoxy) is 2. The maximum Gasteiger partial charge on any atom is 0.243 e. The number of rotatable bonds is 7. The molecule has 0 radical (unpaired) electrons. The first kappa shape index (κ1) is 15.3. The molecule has 0 aromatic heterocycles. The second kappa shape index (κ2) is 9.55. The lowest BCUT2D eigenvalue weighted by atomic mass is 10.4. The Kier molecular flexibility index (Phi) is 9.15. The first-order valence-corrected chi connectivity index (χ1v) is 5.39. The van der Waals surface area contributed by atoms with E-state index in [0.29, 0.717) is 13.2 Å². The van der Waals surface area contributed by atoms with Gasteiger partial charge < -0.3 is 17.9 Å². The minimum atomic E-state index is -0.358. The van der Waals surface area contributed by atoms with E-state index in [9.17, 15) is 4.79 Å². The van der Waals surface area contributed by atoms with Crippen LogP contribution in [0.15, 0.2) is 12.2 Å². The Bertz CT molecular complexity index is 252. The zero-order chi connectivity index (χ0) is 12.4. The van der Waals surface area contributed by atoms with Crippen LogP contribution in [0.1, 0.15) is 0 Å². The summed E-state index contributed by atoms with van der Waals surface area (Å²) in [5.74, 6) is -0.402. The lowest BCUT2D eigenvalue weighted by Gasteiger charge is -2.15. The van der Waals surface area contributed by atoms with Crippen molar-refractivity contribution >= 4 is 34.8 Å². The normalized spacial score (nSPS) is 12.4. The fraction of sp³-hybridized carbons (Fsp3) is 0.556. The smallest absolute Gasteiger partial charge is 0.243 e. The van der Waals surface area contributed by atoms with Gasteiger partial charge in [0, 0.05) is 26.3 Å². The van der Waals surface area contributed by atoms with Crippen molar-refractivity contribution in [2.45, 2.75) is 6.10 Å². The van der Waals surface area contributed by atoms with E-state index in [4.69, 9.17) is 17.9 Å². The molecule has 16 heavy (non-hydrogen) atoms. The lowest BCUT2D eigenvalue weighted by molar-refractivity contribution is -0.116. The molecule has 0 heterocycles. The average Bonchev–Trinajstić information content (AvgIpc) is 2.26. The van der Waals surface area contributed by atoms with Crippen molar-refractivity contribution in [3.05, 3.63) is 12.2 Å². The molecule has 0 saturated heterocycles. The molecule has 0 fully saturated rings. The van der Waals surface area contributed by atoms with Gasteiger partial charge in [-0.1, -0.05) is 0 Å². The summed E-state index contributed by atoms with van der Waals surface area (Å²) in [7, 11) is 3.04. The number of nitrogens with one attached hydrogen (secondary N) is 2. The van der Waals surface area contributed by atoms with Crippen molar-refractivity contribution in [3.8, 4) is 0 Å². The zero-order valence-electron chi connectivity index (χ0n) is 9.16. The first-order chi connectivity index (χ1) is 7.63. The number of carbonyl (C=O) groups is 1. The molecule has 0 bridgehead atoms. The molecule has 1 amide bonds. The van der Waals surface area contributed by atoms with E-state index in [2.05, 4.69) is 5.32 Å². The van der Waals surface area contributed by atoms with Gasteiger partial charge >= 0.3 is 0 Å². The van der Waals surface area contributed by atoms with Crippen molar-refractivity contribution in [2.24, 2.45) is 0 Å². The second-order valence-electron chi connectivity index (χ2n) is 2.78. The number of carbonyl (C=O) groups excluding carboxylic acids is 1. The van der Waals surface area contributed by atoms with Gasteiger partial charge in [0.15, 0.2) is 0 Å². The van der Waals surface area contributed by atoms with Gasteiger partial charge in [-0.15, -0.1) is 0 Å². The third-order valence-corrected chi connectivity index (χ3v) is 1.89. The highest BCUT2D eigenvalue weighted by atomic mass is 127. The van der Waals surface area contributed by atoms with Crippen LogP contribution in [0.3, 0.4) is 0 Å². The fourth-order valence-electron chi connectivity index (χ4n) is 0.826. The molecule has 0 saturated carbocycles. The fourth-order valence-corrected chi connectivity index (χ4v) is 1.23. The zero-order valence-corrected chi connectivity index (χ0v) is 11.3. The highest BCUT2D eigenvalue weighted by Crippen LogP contribution is 1.99. The summed E-state index contributed by atoms with van der Waals surface area (Å²) in [6.07, 6.45) is 2.13.